The maximum absolute atomic E-state index is 13.1. The first-order valence-corrected chi connectivity index (χ1v) is 11.3. The van der Waals surface area contributed by atoms with E-state index in [1.165, 1.54) is 0 Å². The monoisotopic (exact) mass is 477 g/mol. The second-order valence-corrected chi connectivity index (χ2v) is 8.68. The van der Waals surface area contributed by atoms with Crippen LogP contribution in [0.15, 0.2) is 53.1 Å². The molecule has 174 valence electrons. The Morgan fingerprint density at radius 3 is 2.62 bits per heavy atom. The lowest BCUT2D eigenvalue weighted by molar-refractivity contribution is 0.0994. The number of rotatable bonds is 6. The fourth-order valence-electron chi connectivity index (χ4n) is 4.35. The Morgan fingerprint density at radius 2 is 1.91 bits per heavy atom. The molecule has 2 aromatic heterocycles. The van der Waals surface area contributed by atoms with Gasteiger partial charge in [-0.2, -0.15) is 5.10 Å². The minimum absolute atomic E-state index is 0.282. The second kappa shape index (κ2) is 8.91. The maximum Gasteiger partial charge on any atom is 0.291 e. The van der Waals surface area contributed by atoms with Crippen molar-refractivity contribution in [3.8, 4) is 22.8 Å². The van der Waals surface area contributed by atoms with Gasteiger partial charge in [-0.3, -0.25) is 9.48 Å². The molecule has 0 spiro atoms. The molecule has 1 aliphatic carbocycles. The van der Waals surface area contributed by atoms with Crippen LogP contribution in [0.2, 0.25) is 5.02 Å². The van der Waals surface area contributed by atoms with Crippen LogP contribution in [0.3, 0.4) is 0 Å². The molecule has 0 fully saturated rings. The molecule has 0 unspecified atom stereocenters. The Hall–Kier alpha value is -3.71. The van der Waals surface area contributed by atoms with Gasteiger partial charge in [0.2, 0.25) is 0 Å². The predicted octanol–water partition coefficient (Wildman–Crippen LogP) is 5.52. The van der Waals surface area contributed by atoms with Crippen LogP contribution in [0.25, 0.3) is 11.3 Å². The lowest BCUT2D eigenvalue weighted by Gasteiger charge is -2.09. The molecule has 34 heavy (non-hydrogen) atoms. The van der Waals surface area contributed by atoms with Crippen molar-refractivity contribution in [3.63, 3.8) is 0 Å². The summed E-state index contributed by atoms with van der Waals surface area (Å²) in [5.41, 5.74) is 5.32. The van der Waals surface area contributed by atoms with Crippen LogP contribution in [-0.2, 0) is 19.4 Å². The van der Waals surface area contributed by atoms with E-state index in [1.807, 2.05) is 35.9 Å². The molecule has 0 atom stereocenters. The van der Waals surface area contributed by atoms with E-state index >= 15 is 0 Å². The van der Waals surface area contributed by atoms with Gasteiger partial charge in [0.25, 0.3) is 5.91 Å². The highest BCUT2D eigenvalue weighted by Crippen LogP contribution is 2.39. The predicted molar refractivity (Wildman–Crippen MR) is 130 cm³/mol. The molecule has 1 aliphatic rings. The van der Waals surface area contributed by atoms with Crippen LogP contribution in [0.4, 0.5) is 5.69 Å². The van der Waals surface area contributed by atoms with E-state index < -0.39 is 0 Å². The fourth-order valence-corrected chi connectivity index (χ4v) is 4.56. The van der Waals surface area contributed by atoms with Gasteiger partial charge in [-0.25, -0.2) is 0 Å². The number of ether oxygens (including phenoxy) is 2. The third-order valence-corrected chi connectivity index (χ3v) is 6.20. The van der Waals surface area contributed by atoms with Gasteiger partial charge in [0.1, 0.15) is 17.3 Å². The van der Waals surface area contributed by atoms with E-state index in [4.69, 9.17) is 30.6 Å². The van der Waals surface area contributed by atoms with Crippen LogP contribution in [-0.4, -0.2) is 29.9 Å². The molecule has 2 heterocycles. The first-order chi connectivity index (χ1) is 16.4. The van der Waals surface area contributed by atoms with Gasteiger partial charge in [0.05, 0.1) is 26.5 Å². The lowest BCUT2D eigenvalue weighted by Crippen LogP contribution is -2.12. The number of halogens is 1. The first kappa shape index (κ1) is 22.1. The molecule has 4 aromatic rings. The van der Waals surface area contributed by atoms with Crippen molar-refractivity contribution < 1.29 is 18.7 Å². The molecule has 0 saturated carbocycles. The minimum Gasteiger partial charge on any atom is -0.497 e. The summed E-state index contributed by atoms with van der Waals surface area (Å²) in [5.74, 6) is 1.90. The van der Waals surface area contributed by atoms with Crippen molar-refractivity contribution in [2.24, 2.45) is 0 Å². The number of fused-ring (bicyclic) bond motifs is 3. The second-order valence-electron chi connectivity index (χ2n) is 8.24. The highest BCUT2D eigenvalue weighted by atomic mass is 35.5. The summed E-state index contributed by atoms with van der Waals surface area (Å²) in [6.07, 6.45) is 3.58. The standard InChI is InChI=1S/C26H24ClN3O4/c1-15-23-22(34-25(15)26(31)28-19-10-20(32-2)12-21(11-19)33-3)8-7-17-14-30(29-24(17)23)13-16-5-4-6-18(27)9-16/h4-6,9-12,14H,7-8,13H2,1-3H3,(H,28,31). The molecule has 5 rings (SSSR count). The number of hydrogen-bond acceptors (Lipinski definition) is 5. The Balaban J connectivity index is 1.43. The number of amides is 1. The largest absolute Gasteiger partial charge is 0.497 e. The zero-order valence-electron chi connectivity index (χ0n) is 19.1. The third kappa shape index (κ3) is 4.15. The van der Waals surface area contributed by atoms with Gasteiger partial charge >= 0.3 is 0 Å². The smallest absolute Gasteiger partial charge is 0.291 e. The maximum atomic E-state index is 13.1. The summed E-state index contributed by atoms with van der Waals surface area (Å²) in [7, 11) is 3.13. The number of carbonyl (C=O) groups excluding carboxylic acids is 1. The number of hydrogen-bond donors (Lipinski definition) is 1. The fraction of sp³-hybridized carbons (Fsp3) is 0.231. The molecule has 2 aromatic carbocycles. The number of furan rings is 1. The number of anilines is 1. The van der Waals surface area contributed by atoms with Crippen LogP contribution < -0.4 is 14.8 Å². The van der Waals surface area contributed by atoms with E-state index in [-0.39, 0.29) is 11.7 Å². The van der Waals surface area contributed by atoms with Gasteiger partial charge in [-0.05, 0) is 36.6 Å². The van der Waals surface area contributed by atoms with E-state index in [9.17, 15) is 4.79 Å². The summed E-state index contributed by atoms with van der Waals surface area (Å²) in [5, 5.41) is 8.42. The Bertz CT molecular complexity index is 1370. The van der Waals surface area contributed by atoms with Gasteiger partial charge in [0, 0.05) is 52.7 Å². The quantitative estimate of drug-likeness (QED) is 0.395. The van der Waals surface area contributed by atoms with Gasteiger partial charge in [-0.1, -0.05) is 23.7 Å². The number of nitrogens with one attached hydrogen (secondary N) is 1. The SMILES string of the molecule is COc1cc(NC(=O)c2oc3c(c2C)-c2nn(Cc4cccc(Cl)c4)cc2CC3)cc(OC)c1. The van der Waals surface area contributed by atoms with Crippen LogP contribution in [0.1, 0.15) is 33.0 Å². The van der Waals surface area contributed by atoms with Crippen molar-refractivity contribution in [2.45, 2.75) is 26.3 Å². The molecule has 0 aliphatic heterocycles. The van der Waals surface area contributed by atoms with Crippen molar-refractivity contribution in [3.05, 3.63) is 81.9 Å². The molecule has 7 nitrogen and oxygen atoms in total. The first-order valence-electron chi connectivity index (χ1n) is 10.9. The highest BCUT2D eigenvalue weighted by molar-refractivity contribution is 6.30. The summed E-state index contributed by atoms with van der Waals surface area (Å²) < 4.78 is 18.5. The van der Waals surface area contributed by atoms with E-state index in [0.29, 0.717) is 35.2 Å². The Kier molecular flexibility index (Phi) is 5.79. The number of benzene rings is 2. The summed E-state index contributed by atoms with van der Waals surface area (Å²) in [6.45, 7) is 2.51. The van der Waals surface area contributed by atoms with Crippen LogP contribution >= 0.6 is 11.6 Å². The van der Waals surface area contributed by atoms with Gasteiger partial charge in [-0.15, -0.1) is 0 Å². The van der Waals surface area contributed by atoms with Crippen molar-refractivity contribution in [1.29, 1.82) is 0 Å². The average molecular weight is 478 g/mol. The third-order valence-electron chi connectivity index (χ3n) is 5.96. The number of nitrogens with zero attached hydrogens (tertiary/aromatic N) is 2. The lowest BCUT2D eigenvalue weighted by atomic mass is 9.93. The summed E-state index contributed by atoms with van der Waals surface area (Å²) in [6, 6.07) is 13.0. The topological polar surface area (TPSA) is 78.5 Å². The number of aromatic nitrogens is 2. The molecule has 1 N–H and O–H groups in total. The van der Waals surface area contributed by atoms with E-state index in [1.54, 1.807) is 32.4 Å². The van der Waals surface area contributed by atoms with Gasteiger partial charge in [0.15, 0.2) is 5.76 Å². The van der Waals surface area contributed by atoms with Crippen molar-refractivity contribution in [1.82, 2.24) is 9.78 Å². The van der Waals surface area contributed by atoms with Crippen LogP contribution in [0.5, 0.6) is 11.5 Å². The van der Waals surface area contributed by atoms with Crippen molar-refractivity contribution in [2.75, 3.05) is 19.5 Å². The number of methoxy groups -OCH3 is 2. The molecular formula is C26H24ClN3O4. The minimum atomic E-state index is -0.331. The molecule has 0 radical (unpaired) electrons. The highest BCUT2D eigenvalue weighted by Gasteiger charge is 2.30. The van der Waals surface area contributed by atoms with Gasteiger partial charge < -0.3 is 19.2 Å². The molecule has 0 saturated heterocycles. The average Bonchev–Trinajstić information content (AvgIpc) is 3.38. The number of aryl methyl sites for hydroxylation is 2. The molecule has 1 amide bonds. The Morgan fingerprint density at radius 1 is 1.15 bits per heavy atom. The summed E-state index contributed by atoms with van der Waals surface area (Å²) in [4.78, 5) is 13.1. The van der Waals surface area contributed by atoms with E-state index in [0.717, 1.165) is 40.1 Å². The number of carbonyl (C=O) groups is 1. The zero-order valence-corrected chi connectivity index (χ0v) is 19.9. The van der Waals surface area contributed by atoms with Crippen molar-refractivity contribution >= 4 is 23.2 Å². The molecule has 0 bridgehead atoms. The Labute approximate surface area is 202 Å². The van der Waals surface area contributed by atoms with Crippen LogP contribution in [0, 0.1) is 6.92 Å². The molecule has 8 heteroatoms. The zero-order chi connectivity index (χ0) is 23.8. The normalized spacial score (nSPS) is 12.1. The van der Waals surface area contributed by atoms with E-state index in [2.05, 4.69) is 11.5 Å². The molecular weight excluding hydrogens is 454 g/mol. The summed E-state index contributed by atoms with van der Waals surface area (Å²) >= 11 is 6.13.